The van der Waals surface area contributed by atoms with Gasteiger partial charge in [-0.2, -0.15) is 0 Å². The van der Waals surface area contributed by atoms with Crippen LogP contribution in [0.5, 0.6) is 0 Å². The molecule has 0 saturated heterocycles. The molecule has 0 aliphatic heterocycles. The van der Waals surface area contributed by atoms with E-state index in [4.69, 9.17) is 13.3 Å². The second kappa shape index (κ2) is 17.3. The minimum Gasteiger partial charge on any atom is -0.456 e. The van der Waals surface area contributed by atoms with Crippen molar-refractivity contribution in [3.63, 3.8) is 0 Å². The first-order valence-corrected chi connectivity index (χ1v) is 33.8. The molecule has 2 spiro atoms. The van der Waals surface area contributed by atoms with E-state index in [-0.39, 0.29) is 5.41 Å². The molecule has 0 radical (unpaired) electrons. The maximum atomic E-state index is 7.21. The molecule has 0 N–H and O–H groups in total. The number of para-hydroxylation sites is 3. The van der Waals surface area contributed by atoms with Gasteiger partial charge in [-0.3, -0.25) is 0 Å². The zero-order chi connectivity index (χ0) is 63.0. The fraction of sp³-hybridized carbons (Fsp3) is 0.0870. The summed E-state index contributed by atoms with van der Waals surface area (Å²) in [5.41, 5.74) is 37.4. The van der Waals surface area contributed by atoms with Crippen LogP contribution in [-0.4, -0.2) is 0 Å². The van der Waals surface area contributed by atoms with Crippen LogP contribution in [0.4, 0.5) is 17.1 Å². The van der Waals surface area contributed by atoms with Crippen molar-refractivity contribution in [2.45, 2.75) is 49.4 Å². The van der Waals surface area contributed by atoms with Gasteiger partial charge in [-0.15, -0.1) is 0 Å². The highest BCUT2D eigenvalue weighted by Crippen LogP contribution is 2.70. The second-order valence-electron chi connectivity index (χ2n) is 28.8. The lowest BCUT2D eigenvalue weighted by molar-refractivity contribution is 0.600. The van der Waals surface area contributed by atoms with Crippen molar-refractivity contribution in [2.75, 3.05) is 4.90 Å². The first-order valence-electron chi connectivity index (χ1n) is 33.8. The third-order valence-electron chi connectivity index (χ3n) is 23.8. The van der Waals surface area contributed by atoms with Crippen LogP contribution in [0.2, 0.25) is 0 Å². The number of hydrogen-bond donors (Lipinski definition) is 0. The minimum absolute atomic E-state index is 0.274. The molecule has 3 heterocycles. The van der Waals surface area contributed by atoms with Crippen LogP contribution in [0.25, 0.3) is 133 Å². The lowest BCUT2D eigenvalue weighted by atomic mass is 9.68. The van der Waals surface area contributed by atoms with E-state index < -0.39 is 16.2 Å². The number of anilines is 3. The summed E-state index contributed by atoms with van der Waals surface area (Å²) in [6, 6.07) is 103. The monoisotopic (exact) mass is 1220 g/mol. The number of rotatable bonds is 3. The minimum atomic E-state index is -0.713. The van der Waals surface area contributed by atoms with Crippen molar-refractivity contribution in [3.05, 3.63) is 340 Å². The van der Waals surface area contributed by atoms with Gasteiger partial charge in [0.25, 0.3) is 0 Å². The first-order chi connectivity index (χ1) is 47.1. The molecule has 0 atom stereocenters. The van der Waals surface area contributed by atoms with Crippen molar-refractivity contribution in [1.29, 1.82) is 0 Å². The van der Waals surface area contributed by atoms with Gasteiger partial charge in [-0.05, 0) is 201 Å². The Morgan fingerprint density at radius 1 is 0.240 bits per heavy atom. The maximum absolute atomic E-state index is 7.21. The Balaban J connectivity index is 0.803. The summed E-state index contributed by atoms with van der Waals surface area (Å²) in [6.45, 7) is 9.77. The zero-order valence-electron chi connectivity index (χ0n) is 53.2. The molecule has 448 valence electrons. The van der Waals surface area contributed by atoms with E-state index in [0.717, 1.165) is 72.1 Å². The topological polar surface area (TPSA) is 42.7 Å². The van der Waals surface area contributed by atoms with E-state index in [0.29, 0.717) is 0 Å². The van der Waals surface area contributed by atoms with Crippen molar-refractivity contribution >= 4 is 82.9 Å². The van der Waals surface area contributed by atoms with Crippen molar-refractivity contribution < 1.29 is 13.3 Å². The van der Waals surface area contributed by atoms with Crippen LogP contribution < -0.4 is 4.90 Å². The summed E-state index contributed by atoms with van der Waals surface area (Å²) in [5.74, 6) is 0. The average molecular weight is 1220 g/mol. The highest BCUT2D eigenvalue weighted by atomic mass is 16.3. The molecule has 23 rings (SSSR count). The van der Waals surface area contributed by atoms with Gasteiger partial charge in [0.1, 0.15) is 33.5 Å². The summed E-state index contributed by atoms with van der Waals surface area (Å²) < 4.78 is 20.9. The second-order valence-corrected chi connectivity index (χ2v) is 28.8. The lowest BCUT2D eigenvalue weighted by Gasteiger charge is -2.33. The van der Waals surface area contributed by atoms with E-state index in [1.807, 2.05) is 0 Å². The smallest absolute Gasteiger partial charge is 0.144 e. The molecule has 17 aromatic rings. The van der Waals surface area contributed by atoms with Gasteiger partial charge in [0.05, 0.1) is 10.8 Å². The van der Waals surface area contributed by atoms with Gasteiger partial charge in [0.15, 0.2) is 0 Å². The molecule has 4 nitrogen and oxygen atoms in total. The van der Waals surface area contributed by atoms with E-state index in [9.17, 15) is 0 Å². The molecule has 0 amide bonds. The third-order valence-corrected chi connectivity index (χ3v) is 23.8. The molecule has 0 bridgehead atoms. The Morgan fingerprint density at radius 2 is 0.656 bits per heavy atom. The third kappa shape index (κ3) is 5.87. The van der Waals surface area contributed by atoms with E-state index in [1.165, 1.54) is 144 Å². The van der Waals surface area contributed by atoms with E-state index in [2.05, 4.69) is 306 Å². The molecule has 0 saturated carbocycles. The van der Waals surface area contributed by atoms with E-state index in [1.54, 1.807) is 0 Å². The molecular weight excluding hydrogens is 1170 g/mol. The van der Waals surface area contributed by atoms with Crippen molar-refractivity contribution in [1.82, 2.24) is 0 Å². The number of furan rings is 3. The first kappa shape index (κ1) is 51.7. The molecule has 96 heavy (non-hydrogen) atoms. The van der Waals surface area contributed by atoms with Gasteiger partial charge in [-0.25, -0.2) is 0 Å². The van der Waals surface area contributed by atoms with E-state index >= 15 is 0 Å². The number of benzene rings is 14. The fourth-order valence-corrected chi connectivity index (χ4v) is 20.2. The fourth-order valence-electron chi connectivity index (χ4n) is 20.2. The molecule has 0 unspecified atom stereocenters. The van der Waals surface area contributed by atoms with Gasteiger partial charge in [0.2, 0.25) is 0 Å². The summed E-state index contributed by atoms with van der Waals surface area (Å²) in [4.78, 5) is 2.51. The van der Waals surface area contributed by atoms with Gasteiger partial charge in [0, 0.05) is 71.8 Å². The summed E-state index contributed by atoms with van der Waals surface area (Å²) in [6.07, 6.45) is 0. The van der Waals surface area contributed by atoms with Crippen LogP contribution in [0.1, 0.15) is 94.5 Å². The molecular formula is C92H57NO3. The summed E-state index contributed by atoms with van der Waals surface area (Å²) >= 11 is 0. The highest BCUT2D eigenvalue weighted by Gasteiger charge is 2.57. The largest absolute Gasteiger partial charge is 0.456 e. The lowest BCUT2D eigenvalue weighted by Crippen LogP contribution is -2.27. The van der Waals surface area contributed by atoms with Gasteiger partial charge >= 0.3 is 0 Å². The predicted octanol–water partition coefficient (Wildman–Crippen LogP) is 24.2. The Kier molecular flexibility index (Phi) is 9.35. The van der Waals surface area contributed by atoms with Crippen LogP contribution in [-0.2, 0) is 21.7 Å². The average Bonchev–Trinajstić information content (AvgIpc) is 1.49. The van der Waals surface area contributed by atoms with Crippen LogP contribution >= 0.6 is 0 Å². The van der Waals surface area contributed by atoms with Crippen LogP contribution in [0.3, 0.4) is 0 Å². The molecule has 14 aromatic carbocycles. The number of hydrogen-bond acceptors (Lipinski definition) is 4. The van der Waals surface area contributed by atoms with Crippen molar-refractivity contribution in [3.8, 4) is 66.8 Å². The highest BCUT2D eigenvalue weighted by molar-refractivity contribution is 6.22. The molecule has 0 fully saturated rings. The molecule has 6 aliphatic rings. The maximum Gasteiger partial charge on any atom is 0.144 e. The van der Waals surface area contributed by atoms with Crippen LogP contribution in [0.15, 0.2) is 286 Å². The number of nitrogens with zero attached hydrogens (tertiary/aromatic N) is 1. The Hall–Kier alpha value is -11.7. The Morgan fingerprint density at radius 3 is 1.31 bits per heavy atom. The quantitative estimate of drug-likeness (QED) is 0.177. The SMILES string of the molecule is CC1(C)c2cc(N(c3ccc4c(c3)C3(c5ccccc5-c5ccccc53)c3cc5c(cc3-4)C3(c4ccccc4-c4ccccc43)c3ccc4oc6ccccc6c4c3-5)c3ccc4c(c3)oc3ccccc34)ccc2-c2c1c1c(c3c2oc2ccccc23)-c2ccccc2C1(C)C. The molecule has 4 heteroatoms. The summed E-state index contributed by atoms with van der Waals surface area (Å²) in [7, 11) is 0. The van der Waals surface area contributed by atoms with Crippen LogP contribution in [0, 0.1) is 0 Å². The normalized spacial score (nSPS) is 15.6. The Bertz CT molecular complexity index is 6400. The van der Waals surface area contributed by atoms with Crippen molar-refractivity contribution in [2.24, 2.45) is 0 Å². The molecule has 6 aliphatic carbocycles. The van der Waals surface area contributed by atoms with Gasteiger partial charge in [-0.1, -0.05) is 222 Å². The molecule has 3 aromatic heterocycles. The zero-order valence-corrected chi connectivity index (χ0v) is 53.2. The predicted molar refractivity (Wildman–Crippen MR) is 391 cm³/mol. The number of fused-ring (bicyclic) bond motifs is 39. The summed E-state index contributed by atoms with van der Waals surface area (Å²) in [5, 5.41) is 6.86. The van der Waals surface area contributed by atoms with Gasteiger partial charge < -0.3 is 18.2 Å². The Labute approximate surface area is 553 Å². The standard InChI is InChI=1S/C92H57NO3/c1-89(2)66-29-13-9-26-60(66)83-84-63-28-12-20-36-78(63)96-88(84)85-61-42-39-50(45-72(61)90(3,4)87(85)86(83)89)93(52-38-41-59-58-25-10-18-34-76(58)95-80(59)47-52)51-37-40-57-64-48-75-65(49-74(64)92(73(57)46-51)69-32-16-7-23-55(69)56-24-8-17-33-70(56)92)81-71(43-44-79-82(81)62-27-11-19-35-77(62)94-79)91(75)67-30-14-5-21-53(67)54-22-6-15-31-68(54)91/h5-49H,1-4H3.